The topological polar surface area (TPSA) is 29.1 Å². The highest BCUT2D eigenvalue weighted by atomic mass is 79.9. The molecule has 19 heavy (non-hydrogen) atoms. The quantitative estimate of drug-likeness (QED) is 0.836. The van der Waals surface area contributed by atoms with Gasteiger partial charge in [-0.2, -0.15) is 0 Å². The average Bonchev–Trinajstić information content (AvgIpc) is 2.46. The predicted molar refractivity (Wildman–Crippen MR) is 81.4 cm³/mol. The van der Waals surface area contributed by atoms with Crippen molar-refractivity contribution in [2.45, 2.75) is 11.4 Å². The van der Waals surface area contributed by atoms with Gasteiger partial charge in [-0.3, -0.25) is 4.79 Å². The van der Waals surface area contributed by atoms with Crippen LogP contribution in [-0.4, -0.2) is 5.91 Å². The molecule has 98 valence electrons. The molecule has 0 saturated heterocycles. The molecule has 0 aromatic heterocycles. The first-order chi connectivity index (χ1) is 9.16. The number of alkyl halides is 1. The summed E-state index contributed by atoms with van der Waals surface area (Å²) in [7, 11) is 0. The van der Waals surface area contributed by atoms with Crippen LogP contribution in [0.5, 0.6) is 0 Å². The van der Waals surface area contributed by atoms with Crippen molar-refractivity contribution in [3.8, 4) is 0 Å². The molecule has 0 unspecified atom stereocenters. The van der Waals surface area contributed by atoms with Gasteiger partial charge in [0.15, 0.2) is 0 Å². The molecule has 2 aromatic carbocycles. The third-order valence-electron chi connectivity index (χ3n) is 2.70. The maximum absolute atomic E-state index is 12.0. The highest BCUT2D eigenvalue weighted by Crippen LogP contribution is 2.22. The summed E-state index contributed by atoms with van der Waals surface area (Å²) < 4.78 is 0. The molecule has 0 saturated carbocycles. The molecular weight excluding hydrogens is 326 g/mol. The van der Waals surface area contributed by atoms with E-state index in [4.69, 9.17) is 11.6 Å². The number of nitrogens with one attached hydrogen (secondary N) is 1. The number of rotatable bonds is 4. The van der Waals surface area contributed by atoms with Crippen LogP contribution in [0.2, 0.25) is 5.02 Å². The second-order valence-corrected chi connectivity index (χ2v) is 5.47. The molecule has 2 rings (SSSR count). The molecule has 1 atom stereocenters. The van der Waals surface area contributed by atoms with E-state index in [1.165, 1.54) is 0 Å². The van der Waals surface area contributed by atoms with E-state index in [1.54, 1.807) is 0 Å². The summed E-state index contributed by atoms with van der Waals surface area (Å²) in [5, 5.41) is 3.58. The van der Waals surface area contributed by atoms with Crippen LogP contribution < -0.4 is 5.32 Å². The largest absolute Gasteiger partial charge is 0.351 e. The van der Waals surface area contributed by atoms with Crippen LogP contribution in [0.4, 0.5) is 0 Å². The Bertz CT molecular complexity index is 542. The van der Waals surface area contributed by atoms with Crippen molar-refractivity contribution in [2.75, 3.05) is 0 Å². The van der Waals surface area contributed by atoms with Crippen molar-refractivity contribution >= 4 is 33.4 Å². The third kappa shape index (κ3) is 4.08. The molecule has 0 aliphatic carbocycles. The molecular formula is C15H13BrClNO. The van der Waals surface area contributed by atoms with Crippen molar-refractivity contribution < 1.29 is 4.79 Å². The van der Waals surface area contributed by atoms with Crippen LogP contribution in [0, 0.1) is 0 Å². The lowest BCUT2D eigenvalue weighted by Gasteiger charge is -2.11. The van der Waals surface area contributed by atoms with Gasteiger partial charge in [0.1, 0.15) is 4.83 Å². The molecule has 2 nitrogen and oxygen atoms in total. The summed E-state index contributed by atoms with van der Waals surface area (Å²) in [5.41, 5.74) is 1.96. The highest BCUT2D eigenvalue weighted by Gasteiger charge is 2.15. The molecule has 0 spiro atoms. The monoisotopic (exact) mass is 337 g/mol. The van der Waals surface area contributed by atoms with E-state index in [9.17, 15) is 4.79 Å². The minimum atomic E-state index is -0.332. The zero-order chi connectivity index (χ0) is 13.7. The van der Waals surface area contributed by atoms with Crippen molar-refractivity contribution in [2.24, 2.45) is 0 Å². The Morgan fingerprint density at radius 1 is 1.11 bits per heavy atom. The lowest BCUT2D eigenvalue weighted by molar-refractivity contribution is -0.120. The summed E-state index contributed by atoms with van der Waals surface area (Å²) in [4.78, 5) is 11.7. The van der Waals surface area contributed by atoms with Crippen molar-refractivity contribution in [3.63, 3.8) is 0 Å². The van der Waals surface area contributed by atoms with Crippen LogP contribution in [0.1, 0.15) is 16.0 Å². The van der Waals surface area contributed by atoms with Gasteiger partial charge in [-0.05, 0) is 23.3 Å². The second kappa shape index (κ2) is 6.73. The number of benzene rings is 2. The van der Waals surface area contributed by atoms with Crippen molar-refractivity contribution in [1.82, 2.24) is 5.32 Å². The maximum Gasteiger partial charge on any atom is 0.238 e. The molecule has 0 aliphatic heterocycles. The SMILES string of the molecule is O=C(NCc1ccc(Cl)cc1)[C@H](Br)c1ccccc1. The Kier molecular flexibility index (Phi) is 5.00. The van der Waals surface area contributed by atoms with Gasteiger partial charge in [0, 0.05) is 11.6 Å². The van der Waals surface area contributed by atoms with Crippen molar-refractivity contribution in [1.29, 1.82) is 0 Å². The Hall–Kier alpha value is -1.32. The number of hydrogen-bond acceptors (Lipinski definition) is 1. The molecule has 0 aliphatic rings. The Labute approximate surface area is 125 Å². The van der Waals surface area contributed by atoms with E-state index < -0.39 is 0 Å². The fourth-order valence-electron chi connectivity index (χ4n) is 1.65. The number of amides is 1. The van der Waals surface area contributed by atoms with E-state index in [1.807, 2.05) is 54.6 Å². The van der Waals surface area contributed by atoms with E-state index in [0.717, 1.165) is 11.1 Å². The Morgan fingerprint density at radius 3 is 2.37 bits per heavy atom. The van der Waals surface area contributed by atoms with E-state index in [2.05, 4.69) is 21.2 Å². The summed E-state index contributed by atoms with van der Waals surface area (Å²) >= 11 is 9.21. The lowest BCUT2D eigenvalue weighted by Crippen LogP contribution is -2.26. The first kappa shape index (κ1) is 14.1. The van der Waals surface area contributed by atoms with Gasteiger partial charge < -0.3 is 5.32 Å². The number of carbonyl (C=O) groups is 1. The number of carbonyl (C=O) groups excluding carboxylic acids is 1. The minimum absolute atomic E-state index is 0.0545. The summed E-state index contributed by atoms with van der Waals surface area (Å²) in [5.74, 6) is -0.0545. The van der Waals surface area contributed by atoms with E-state index in [-0.39, 0.29) is 10.7 Å². The molecule has 0 bridgehead atoms. The smallest absolute Gasteiger partial charge is 0.238 e. The second-order valence-electron chi connectivity index (χ2n) is 4.12. The number of hydrogen-bond donors (Lipinski definition) is 1. The fraction of sp³-hybridized carbons (Fsp3) is 0.133. The summed E-state index contributed by atoms with van der Waals surface area (Å²) in [6, 6.07) is 17.0. The standard InChI is InChI=1S/C15H13BrClNO/c16-14(12-4-2-1-3-5-12)15(19)18-10-11-6-8-13(17)9-7-11/h1-9,14H,10H2,(H,18,19)/t14-/m1/s1. The van der Waals surface area contributed by atoms with Gasteiger partial charge in [-0.15, -0.1) is 0 Å². The Morgan fingerprint density at radius 2 is 1.74 bits per heavy atom. The van der Waals surface area contributed by atoms with Crippen molar-refractivity contribution in [3.05, 3.63) is 70.7 Å². The maximum atomic E-state index is 12.0. The molecule has 4 heteroatoms. The van der Waals surface area contributed by atoms with Crippen LogP contribution in [-0.2, 0) is 11.3 Å². The van der Waals surface area contributed by atoms with Gasteiger partial charge in [-0.1, -0.05) is 70.0 Å². The molecule has 1 amide bonds. The molecule has 0 radical (unpaired) electrons. The number of halogens is 2. The fourth-order valence-corrected chi connectivity index (χ4v) is 2.25. The first-order valence-corrected chi connectivity index (χ1v) is 7.17. The summed E-state index contributed by atoms with van der Waals surface area (Å²) in [6.07, 6.45) is 0. The highest BCUT2D eigenvalue weighted by molar-refractivity contribution is 9.09. The van der Waals surface area contributed by atoms with Crippen LogP contribution in [0.3, 0.4) is 0 Å². The lowest BCUT2D eigenvalue weighted by atomic mass is 10.1. The van der Waals surface area contributed by atoms with Crippen LogP contribution >= 0.6 is 27.5 Å². The van der Waals surface area contributed by atoms with E-state index in [0.29, 0.717) is 11.6 Å². The molecule has 0 heterocycles. The Balaban J connectivity index is 1.93. The molecule has 2 aromatic rings. The average molecular weight is 339 g/mol. The predicted octanol–water partition coefficient (Wildman–Crippen LogP) is 4.09. The van der Waals surface area contributed by atoms with Gasteiger partial charge in [-0.25, -0.2) is 0 Å². The van der Waals surface area contributed by atoms with Crippen LogP contribution in [0.15, 0.2) is 54.6 Å². The van der Waals surface area contributed by atoms with E-state index >= 15 is 0 Å². The van der Waals surface area contributed by atoms with Crippen LogP contribution in [0.25, 0.3) is 0 Å². The third-order valence-corrected chi connectivity index (χ3v) is 3.90. The van der Waals surface area contributed by atoms with Gasteiger partial charge in [0.2, 0.25) is 5.91 Å². The van der Waals surface area contributed by atoms with Gasteiger partial charge in [0.25, 0.3) is 0 Å². The molecule has 1 N–H and O–H groups in total. The summed E-state index contributed by atoms with van der Waals surface area (Å²) in [6.45, 7) is 0.491. The normalized spacial score (nSPS) is 11.9. The molecule has 0 fully saturated rings. The zero-order valence-corrected chi connectivity index (χ0v) is 12.5. The minimum Gasteiger partial charge on any atom is -0.351 e. The van der Waals surface area contributed by atoms with Gasteiger partial charge >= 0.3 is 0 Å². The zero-order valence-electron chi connectivity index (χ0n) is 10.1. The first-order valence-electron chi connectivity index (χ1n) is 5.88. The van der Waals surface area contributed by atoms with Gasteiger partial charge in [0.05, 0.1) is 0 Å².